The first-order valence-electron chi connectivity index (χ1n) is 11.8. The molecule has 0 bridgehead atoms. The summed E-state index contributed by atoms with van der Waals surface area (Å²) in [6.45, 7) is 9.11. The molecular formula is C27H33N3O2. The molecule has 1 aliphatic rings. The lowest BCUT2D eigenvalue weighted by atomic mass is 9.79. The third-order valence-electron chi connectivity index (χ3n) is 6.68. The molecule has 0 spiro atoms. The van der Waals surface area contributed by atoms with E-state index in [1.165, 1.54) is 5.56 Å². The molecule has 4 rings (SSSR count). The number of rotatable bonds is 7. The maximum Gasteiger partial charge on any atom is 0.331 e. The summed E-state index contributed by atoms with van der Waals surface area (Å²) >= 11 is 0. The van der Waals surface area contributed by atoms with E-state index in [9.17, 15) is 9.90 Å². The van der Waals surface area contributed by atoms with Gasteiger partial charge in [0.05, 0.1) is 6.54 Å². The molecule has 1 aromatic carbocycles. The molecule has 1 aliphatic carbocycles. The van der Waals surface area contributed by atoms with Crippen molar-refractivity contribution >= 4 is 22.7 Å². The highest BCUT2D eigenvalue weighted by Gasteiger charge is 2.25. The summed E-state index contributed by atoms with van der Waals surface area (Å²) in [5.74, 6) is 0.769. The van der Waals surface area contributed by atoms with Crippen LogP contribution in [0.15, 0.2) is 35.9 Å². The lowest BCUT2D eigenvalue weighted by Gasteiger charge is -2.25. The molecule has 0 fully saturated rings. The van der Waals surface area contributed by atoms with Gasteiger partial charge in [-0.15, -0.1) is 0 Å². The summed E-state index contributed by atoms with van der Waals surface area (Å²) in [5.41, 5.74) is 7.89. The number of carboxylic acids is 1. The van der Waals surface area contributed by atoms with Crippen LogP contribution in [0.2, 0.25) is 0 Å². The summed E-state index contributed by atoms with van der Waals surface area (Å²) in [6.07, 6.45) is 5.67. The maximum absolute atomic E-state index is 11.9. The largest absolute Gasteiger partial charge is 0.478 e. The minimum atomic E-state index is -0.765. The van der Waals surface area contributed by atoms with Crippen LogP contribution in [0.4, 0.5) is 0 Å². The number of hydrogen-bond donors (Lipinski definition) is 1. The van der Waals surface area contributed by atoms with Gasteiger partial charge in [-0.2, -0.15) is 0 Å². The molecule has 2 aromatic heterocycles. The van der Waals surface area contributed by atoms with Gasteiger partial charge in [-0.05, 0) is 67.4 Å². The predicted molar refractivity (Wildman–Crippen MR) is 129 cm³/mol. The fourth-order valence-corrected chi connectivity index (χ4v) is 5.08. The van der Waals surface area contributed by atoms with E-state index in [0.29, 0.717) is 24.5 Å². The number of imidazole rings is 1. The number of nitrogens with zero attached hydrogens (tertiary/aromatic N) is 3. The molecule has 5 heteroatoms. The van der Waals surface area contributed by atoms with Gasteiger partial charge < -0.3 is 9.67 Å². The second-order valence-electron chi connectivity index (χ2n) is 9.08. The molecule has 1 N–H and O–H groups in total. The quantitative estimate of drug-likeness (QED) is 0.491. The SMILES string of the molecule is CCCC1CCC(c2ccc(Cn3c(CC)nc4c(C)cc(C)nc43)cc2)=C(C(=O)O)C1. The normalized spacial score (nSPS) is 16.7. The minimum Gasteiger partial charge on any atom is -0.478 e. The summed E-state index contributed by atoms with van der Waals surface area (Å²) < 4.78 is 2.21. The Hall–Kier alpha value is -2.95. The highest BCUT2D eigenvalue weighted by atomic mass is 16.4. The average Bonchev–Trinajstić information content (AvgIpc) is 3.12. The number of aliphatic carboxylic acids is 1. The second kappa shape index (κ2) is 9.27. The Morgan fingerprint density at radius 1 is 1.16 bits per heavy atom. The number of allylic oxidation sites excluding steroid dienone is 1. The van der Waals surface area contributed by atoms with E-state index in [-0.39, 0.29) is 0 Å². The van der Waals surface area contributed by atoms with Crippen LogP contribution in [0.1, 0.15) is 74.2 Å². The number of pyridine rings is 1. The van der Waals surface area contributed by atoms with E-state index in [2.05, 4.69) is 55.7 Å². The van der Waals surface area contributed by atoms with Crippen LogP contribution in [-0.2, 0) is 17.8 Å². The van der Waals surface area contributed by atoms with Gasteiger partial charge in [-0.1, -0.05) is 51.0 Å². The van der Waals surface area contributed by atoms with E-state index >= 15 is 0 Å². The molecule has 2 heterocycles. The average molecular weight is 432 g/mol. The van der Waals surface area contributed by atoms with Crippen molar-refractivity contribution in [2.24, 2.45) is 5.92 Å². The van der Waals surface area contributed by atoms with E-state index in [0.717, 1.165) is 71.5 Å². The van der Waals surface area contributed by atoms with Crippen molar-refractivity contribution in [3.8, 4) is 0 Å². The monoisotopic (exact) mass is 431 g/mol. The van der Waals surface area contributed by atoms with E-state index in [4.69, 9.17) is 9.97 Å². The van der Waals surface area contributed by atoms with Crippen molar-refractivity contribution in [3.05, 3.63) is 64.1 Å². The summed E-state index contributed by atoms with van der Waals surface area (Å²) in [7, 11) is 0. The van der Waals surface area contributed by atoms with Gasteiger partial charge in [-0.3, -0.25) is 0 Å². The molecule has 0 saturated carbocycles. The topological polar surface area (TPSA) is 68.0 Å². The van der Waals surface area contributed by atoms with Gasteiger partial charge in [0.25, 0.3) is 0 Å². The first-order chi connectivity index (χ1) is 15.4. The minimum absolute atomic E-state index is 0.496. The lowest BCUT2D eigenvalue weighted by molar-refractivity contribution is -0.132. The van der Waals surface area contributed by atoms with Crippen LogP contribution in [0.3, 0.4) is 0 Å². The Balaban J connectivity index is 1.64. The van der Waals surface area contributed by atoms with Crippen molar-refractivity contribution in [2.45, 2.75) is 72.8 Å². The number of hydrogen-bond acceptors (Lipinski definition) is 3. The Kier molecular flexibility index (Phi) is 6.45. The fourth-order valence-electron chi connectivity index (χ4n) is 5.08. The molecular weight excluding hydrogens is 398 g/mol. The zero-order valence-electron chi connectivity index (χ0n) is 19.6. The van der Waals surface area contributed by atoms with Crippen LogP contribution >= 0.6 is 0 Å². The van der Waals surface area contributed by atoms with Gasteiger partial charge in [0.2, 0.25) is 0 Å². The van der Waals surface area contributed by atoms with Gasteiger partial charge in [0, 0.05) is 17.7 Å². The third-order valence-corrected chi connectivity index (χ3v) is 6.68. The van der Waals surface area contributed by atoms with Crippen LogP contribution < -0.4 is 0 Å². The Morgan fingerprint density at radius 3 is 2.56 bits per heavy atom. The third kappa shape index (κ3) is 4.34. The van der Waals surface area contributed by atoms with Crippen LogP contribution in [0, 0.1) is 19.8 Å². The number of aromatic nitrogens is 3. The number of benzene rings is 1. The van der Waals surface area contributed by atoms with Crippen molar-refractivity contribution in [2.75, 3.05) is 0 Å². The van der Waals surface area contributed by atoms with Crippen LogP contribution in [0.5, 0.6) is 0 Å². The van der Waals surface area contributed by atoms with Gasteiger partial charge >= 0.3 is 5.97 Å². The van der Waals surface area contributed by atoms with Gasteiger partial charge in [0.1, 0.15) is 11.3 Å². The van der Waals surface area contributed by atoms with E-state index in [1.54, 1.807) is 0 Å². The number of carboxylic acid groups (broad SMARTS) is 1. The summed E-state index contributed by atoms with van der Waals surface area (Å²) in [6, 6.07) is 10.5. The van der Waals surface area contributed by atoms with Crippen molar-refractivity contribution in [1.29, 1.82) is 0 Å². The molecule has 0 radical (unpaired) electrons. The van der Waals surface area contributed by atoms with Crippen molar-refractivity contribution in [3.63, 3.8) is 0 Å². The Labute approximate surface area is 190 Å². The first-order valence-corrected chi connectivity index (χ1v) is 11.8. The highest BCUT2D eigenvalue weighted by molar-refractivity contribution is 5.97. The van der Waals surface area contributed by atoms with E-state index in [1.807, 2.05) is 6.92 Å². The fraction of sp³-hybridized carbons (Fsp3) is 0.444. The van der Waals surface area contributed by atoms with Crippen LogP contribution in [0.25, 0.3) is 16.7 Å². The maximum atomic E-state index is 11.9. The summed E-state index contributed by atoms with van der Waals surface area (Å²) in [5, 5.41) is 9.81. The van der Waals surface area contributed by atoms with Crippen molar-refractivity contribution < 1.29 is 9.90 Å². The lowest BCUT2D eigenvalue weighted by Crippen LogP contribution is -2.16. The zero-order chi connectivity index (χ0) is 22.8. The molecule has 3 aromatic rings. The molecule has 0 aliphatic heterocycles. The molecule has 1 unspecified atom stereocenters. The highest BCUT2D eigenvalue weighted by Crippen LogP contribution is 2.37. The molecule has 168 valence electrons. The number of aryl methyl sites for hydroxylation is 3. The molecule has 0 saturated heterocycles. The molecule has 0 amide bonds. The molecule has 1 atom stereocenters. The van der Waals surface area contributed by atoms with Crippen molar-refractivity contribution in [1.82, 2.24) is 14.5 Å². The Bertz CT molecular complexity index is 1170. The van der Waals surface area contributed by atoms with E-state index < -0.39 is 5.97 Å². The smallest absolute Gasteiger partial charge is 0.331 e. The first kappa shape index (κ1) is 22.3. The summed E-state index contributed by atoms with van der Waals surface area (Å²) in [4.78, 5) is 21.6. The second-order valence-corrected chi connectivity index (χ2v) is 9.08. The molecule has 5 nitrogen and oxygen atoms in total. The van der Waals surface area contributed by atoms with Crippen LogP contribution in [-0.4, -0.2) is 25.6 Å². The van der Waals surface area contributed by atoms with Gasteiger partial charge in [0.15, 0.2) is 5.65 Å². The molecule has 32 heavy (non-hydrogen) atoms. The zero-order valence-corrected chi connectivity index (χ0v) is 19.6. The number of carbonyl (C=O) groups is 1. The predicted octanol–water partition coefficient (Wildman–Crippen LogP) is 6.10. The standard InChI is InChI=1S/C27H33N3O2/c1-5-7-19-10-13-22(23(15-19)27(31)32)21-11-8-20(9-12-21)16-30-24(6-2)29-25-17(3)14-18(4)28-26(25)30/h8-9,11-12,14,19H,5-7,10,13,15-16H2,1-4H3,(H,31,32). The van der Waals surface area contributed by atoms with Gasteiger partial charge in [-0.25, -0.2) is 14.8 Å². The Morgan fingerprint density at radius 2 is 1.91 bits per heavy atom. The number of fused-ring (bicyclic) bond motifs is 1.